The largest absolute Gasteiger partial charge is 0.478 e. The number of thiazole rings is 1. The van der Waals surface area contributed by atoms with Crippen LogP contribution in [0.4, 0.5) is 5.82 Å². The van der Waals surface area contributed by atoms with Gasteiger partial charge in [-0.25, -0.2) is 19.6 Å². The second-order valence-corrected chi connectivity index (χ2v) is 11.5. The molecule has 1 fully saturated rings. The fourth-order valence-electron chi connectivity index (χ4n) is 4.79. The number of hydrogen-bond donors (Lipinski definition) is 4. The summed E-state index contributed by atoms with van der Waals surface area (Å²) in [7, 11) is 0. The predicted octanol–water partition coefficient (Wildman–Crippen LogP) is 4.43. The third-order valence-electron chi connectivity index (χ3n) is 6.78. The molecule has 4 aromatic rings. The number of rotatable bonds is 10. The average molecular weight is 634 g/mol. The lowest BCUT2D eigenvalue weighted by Gasteiger charge is -2.23. The van der Waals surface area contributed by atoms with E-state index in [9.17, 15) is 14.4 Å². The van der Waals surface area contributed by atoms with Crippen molar-refractivity contribution in [3.8, 4) is 11.6 Å². The van der Waals surface area contributed by atoms with Gasteiger partial charge in [-0.1, -0.05) is 30.3 Å². The molecule has 4 heterocycles. The van der Waals surface area contributed by atoms with Crippen LogP contribution in [0.5, 0.6) is 0 Å². The number of carboxylic acids is 2. The molecule has 45 heavy (non-hydrogen) atoms. The molecule has 0 bridgehead atoms. The van der Waals surface area contributed by atoms with Crippen LogP contribution in [0.15, 0.2) is 64.4 Å². The molecular weight excluding hydrogens is 598 g/mol. The molecule has 0 saturated carbocycles. The standard InChI is InChI=1S/C27H31N7O2S.C4H4O4/c1-4-29-22-14-19(25(35)34-12-8-11-21(34)24-30-17(2)16-37-24)13-20(31-22)23-32-33-26(36-23)27(3,28)15-18-9-6-5-7-10-18;5-3(6)1-2-4(7)8/h5-7,9-10,13-14,16,21H,4,8,11-12,15,28H2,1-3H3,(H,29,31);1-2H,(H,5,6)(H,7,8)/t21-,27-;/m1./s1. The fraction of sp³-hybridized carbons (Fsp3) is 0.323. The SMILES string of the molecule is CCNc1cc(C(=O)N2CCC[C@@H]2c2nc(C)cs2)cc(-c2nnc([C@](C)(N)Cc3ccccc3)o2)n1.O=C(O)C=CC(=O)O. The Labute approximate surface area is 263 Å². The average Bonchev–Trinajstić information content (AvgIpc) is 3.78. The molecule has 1 aliphatic heterocycles. The Kier molecular flexibility index (Phi) is 10.8. The Hall–Kier alpha value is -4.95. The molecule has 0 aliphatic carbocycles. The number of nitrogens with one attached hydrogen (secondary N) is 1. The minimum absolute atomic E-state index is 0.0173. The van der Waals surface area contributed by atoms with E-state index in [1.165, 1.54) is 0 Å². The number of carboxylic acid groups (broad SMARTS) is 2. The maximum Gasteiger partial charge on any atom is 0.328 e. The highest BCUT2D eigenvalue weighted by Crippen LogP contribution is 2.35. The first-order chi connectivity index (χ1) is 21.5. The van der Waals surface area contributed by atoms with Gasteiger partial charge in [0.15, 0.2) is 0 Å². The fourth-order valence-corrected chi connectivity index (χ4v) is 5.73. The van der Waals surface area contributed by atoms with Crippen molar-refractivity contribution in [2.24, 2.45) is 5.73 Å². The lowest BCUT2D eigenvalue weighted by atomic mass is 9.94. The summed E-state index contributed by atoms with van der Waals surface area (Å²) in [4.78, 5) is 44.0. The Balaban J connectivity index is 0.000000510. The van der Waals surface area contributed by atoms with Gasteiger partial charge in [0.1, 0.15) is 16.5 Å². The molecule has 2 atom stereocenters. The lowest BCUT2D eigenvalue weighted by Crippen LogP contribution is -2.35. The molecule has 0 unspecified atom stereocenters. The van der Waals surface area contributed by atoms with Crippen LogP contribution in [-0.4, -0.2) is 66.2 Å². The molecule has 5 N–H and O–H groups in total. The van der Waals surface area contributed by atoms with Crippen LogP contribution in [0, 0.1) is 6.92 Å². The Morgan fingerprint density at radius 2 is 1.84 bits per heavy atom. The first kappa shape index (κ1) is 33.0. The molecule has 1 aliphatic rings. The monoisotopic (exact) mass is 633 g/mol. The molecule has 1 aromatic carbocycles. The Morgan fingerprint density at radius 3 is 2.47 bits per heavy atom. The highest BCUT2D eigenvalue weighted by atomic mass is 32.1. The van der Waals surface area contributed by atoms with E-state index in [0.29, 0.717) is 54.6 Å². The van der Waals surface area contributed by atoms with E-state index in [1.54, 1.807) is 23.5 Å². The Morgan fingerprint density at radius 1 is 1.13 bits per heavy atom. The summed E-state index contributed by atoms with van der Waals surface area (Å²) >= 11 is 1.61. The molecule has 236 valence electrons. The van der Waals surface area contributed by atoms with Gasteiger partial charge in [-0.3, -0.25) is 4.79 Å². The van der Waals surface area contributed by atoms with Gasteiger partial charge < -0.3 is 30.6 Å². The third kappa shape index (κ3) is 8.80. The van der Waals surface area contributed by atoms with Crippen LogP contribution in [0.25, 0.3) is 11.6 Å². The number of aliphatic carboxylic acids is 2. The summed E-state index contributed by atoms with van der Waals surface area (Å²) < 4.78 is 6.02. The van der Waals surface area contributed by atoms with Crippen molar-refractivity contribution >= 4 is 35.0 Å². The summed E-state index contributed by atoms with van der Waals surface area (Å²) in [6.45, 7) is 7.16. The highest BCUT2D eigenvalue weighted by Gasteiger charge is 2.34. The van der Waals surface area contributed by atoms with E-state index in [2.05, 4.69) is 25.5 Å². The normalized spacial score (nSPS) is 15.7. The topological polar surface area (TPSA) is 198 Å². The minimum atomic E-state index is -1.26. The van der Waals surface area contributed by atoms with Crippen LogP contribution in [0.1, 0.15) is 65.2 Å². The van der Waals surface area contributed by atoms with Gasteiger partial charge in [0.2, 0.25) is 5.89 Å². The van der Waals surface area contributed by atoms with Gasteiger partial charge in [0.05, 0.1) is 11.6 Å². The van der Waals surface area contributed by atoms with Gasteiger partial charge in [0.25, 0.3) is 11.8 Å². The summed E-state index contributed by atoms with van der Waals surface area (Å²) in [5.41, 5.74) is 8.71. The van der Waals surface area contributed by atoms with Gasteiger partial charge in [-0.05, 0) is 57.7 Å². The van der Waals surface area contributed by atoms with Crippen molar-refractivity contribution in [1.29, 1.82) is 0 Å². The zero-order valence-electron chi connectivity index (χ0n) is 25.1. The molecule has 3 aromatic heterocycles. The van der Waals surface area contributed by atoms with Gasteiger partial charge in [-0.2, -0.15) is 0 Å². The number of pyridine rings is 1. The smallest absolute Gasteiger partial charge is 0.328 e. The van der Waals surface area contributed by atoms with E-state index < -0.39 is 17.5 Å². The van der Waals surface area contributed by atoms with E-state index in [1.807, 2.05) is 61.4 Å². The number of carbonyl (C=O) groups excluding carboxylic acids is 1. The number of nitrogens with zero attached hydrogens (tertiary/aromatic N) is 5. The van der Waals surface area contributed by atoms with Crippen molar-refractivity contribution in [2.45, 2.75) is 51.6 Å². The second-order valence-electron chi connectivity index (χ2n) is 10.6. The van der Waals surface area contributed by atoms with E-state index in [-0.39, 0.29) is 17.8 Å². The van der Waals surface area contributed by atoms with Crippen LogP contribution < -0.4 is 11.1 Å². The van der Waals surface area contributed by atoms with Gasteiger partial charge in [0, 0.05) is 41.9 Å². The predicted molar refractivity (Wildman–Crippen MR) is 168 cm³/mol. The van der Waals surface area contributed by atoms with E-state index in [0.717, 1.165) is 29.1 Å². The minimum Gasteiger partial charge on any atom is -0.478 e. The third-order valence-corrected chi connectivity index (χ3v) is 7.84. The maximum atomic E-state index is 13.7. The van der Waals surface area contributed by atoms with Crippen molar-refractivity contribution in [2.75, 3.05) is 18.4 Å². The van der Waals surface area contributed by atoms with Crippen molar-refractivity contribution in [1.82, 2.24) is 25.1 Å². The van der Waals surface area contributed by atoms with E-state index in [4.69, 9.17) is 20.4 Å². The summed E-state index contributed by atoms with van der Waals surface area (Å²) in [6, 6.07) is 13.4. The molecular formula is C31H35N7O6S. The van der Waals surface area contributed by atoms with Crippen LogP contribution in [0.2, 0.25) is 0 Å². The second kappa shape index (κ2) is 14.7. The number of hydrogen-bond acceptors (Lipinski definition) is 11. The zero-order chi connectivity index (χ0) is 32.6. The molecule has 1 saturated heterocycles. The number of likely N-dealkylation sites (tertiary alicyclic amines) is 1. The van der Waals surface area contributed by atoms with E-state index >= 15 is 0 Å². The van der Waals surface area contributed by atoms with Crippen molar-refractivity contribution in [3.63, 3.8) is 0 Å². The first-order valence-electron chi connectivity index (χ1n) is 14.3. The lowest BCUT2D eigenvalue weighted by molar-refractivity contribution is -0.134. The summed E-state index contributed by atoms with van der Waals surface area (Å²) in [6.07, 6.45) is 3.50. The quantitative estimate of drug-likeness (QED) is 0.179. The number of amides is 1. The van der Waals surface area contributed by atoms with Crippen LogP contribution in [0.3, 0.4) is 0 Å². The molecule has 0 radical (unpaired) electrons. The van der Waals surface area contributed by atoms with Gasteiger partial charge >= 0.3 is 11.9 Å². The maximum absolute atomic E-state index is 13.7. The number of carbonyl (C=O) groups is 3. The highest BCUT2D eigenvalue weighted by molar-refractivity contribution is 7.09. The summed E-state index contributed by atoms with van der Waals surface area (Å²) in [5, 5.41) is 30.3. The molecule has 13 nitrogen and oxygen atoms in total. The molecule has 0 spiro atoms. The number of anilines is 1. The number of benzene rings is 1. The van der Waals surface area contributed by atoms with Crippen LogP contribution >= 0.6 is 11.3 Å². The molecule has 5 rings (SSSR count). The first-order valence-corrected chi connectivity index (χ1v) is 15.1. The van der Waals surface area contributed by atoms with Crippen molar-refractivity contribution in [3.05, 3.63) is 87.7 Å². The number of nitrogens with two attached hydrogens (primary N) is 1. The van der Waals surface area contributed by atoms with Gasteiger partial charge in [-0.15, -0.1) is 21.5 Å². The molecule has 14 heteroatoms. The molecule has 1 amide bonds. The van der Waals surface area contributed by atoms with Crippen molar-refractivity contribution < 1.29 is 29.0 Å². The van der Waals surface area contributed by atoms with Crippen LogP contribution in [-0.2, 0) is 21.5 Å². The zero-order valence-corrected chi connectivity index (χ0v) is 26.0. The number of aryl methyl sites for hydroxylation is 1. The Bertz CT molecular complexity index is 1650. The summed E-state index contributed by atoms with van der Waals surface area (Å²) in [5.74, 6) is -1.47. The number of aromatic nitrogens is 4.